The fourth-order valence-electron chi connectivity index (χ4n) is 2.15. The number of carbonyl (C=O) groups is 1. The van der Waals surface area contributed by atoms with E-state index < -0.39 is 24.0 Å². The molecule has 0 saturated carbocycles. The largest absolute Gasteiger partial charge is 0.421 e. The second kappa shape index (κ2) is 7.20. The third kappa shape index (κ3) is 4.24. The van der Waals surface area contributed by atoms with Crippen LogP contribution < -0.4 is 0 Å². The fraction of sp³-hybridized carbons (Fsp3) is 0.167. The van der Waals surface area contributed by atoms with Crippen LogP contribution in [0.1, 0.15) is 17.5 Å². The highest BCUT2D eigenvalue weighted by Crippen LogP contribution is 2.41. The Hall–Kier alpha value is -2.11. The van der Waals surface area contributed by atoms with Crippen LogP contribution in [0.4, 0.5) is 13.2 Å². The Morgan fingerprint density at radius 2 is 1.62 bits per heavy atom. The van der Waals surface area contributed by atoms with Crippen LogP contribution in [0, 0.1) is 0 Å². The molecule has 0 saturated heterocycles. The molecule has 0 aliphatic heterocycles. The second-order valence-corrected chi connectivity index (χ2v) is 5.69. The van der Waals surface area contributed by atoms with Crippen LogP contribution in [-0.4, -0.2) is 17.1 Å². The molecule has 1 N–H and O–H groups in total. The van der Waals surface area contributed by atoms with E-state index in [1.807, 2.05) is 0 Å². The summed E-state index contributed by atoms with van der Waals surface area (Å²) in [5, 5.41) is 10.6. The zero-order chi connectivity index (χ0) is 17.8. The minimum atomic E-state index is -4.97. The first-order valence-corrected chi connectivity index (χ1v) is 7.41. The number of carbonyl (C=O) groups excluding carboxylic acids is 1. The summed E-state index contributed by atoms with van der Waals surface area (Å²) < 4.78 is 40.0. The molecule has 0 fully saturated rings. The summed E-state index contributed by atoms with van der Waals surface area (Å²) in [5.41, 5.74) is -2.98. The molecule has 1 atom stereocenters. The van der Waals surface area contributed by atoms with E-state index in [0.29, 0.717) is 10.6 Å². The summed E-state index contributed by atoms with van der Waals surface area (Å²) in [6.45, 7) is 0. The molecule has 0 bridgehead atoms. The lowest BCUT2D eigenvalue weighted by molar-refractivity contribution is -0.266. The number of alkyl halides is 3. The topological polar surface area (TPSA) is 37.3 Å². The maximum Gasteiger partial charge on any atom is 0.421 e. The Labute approximate surface area is 142 Å². The van der Waals surface area contributed by atoms with E-state index in [1.54, 1.807) is 24.3 Å². The van der Waals surface area contributed by atoms with E-state index in [2.05, 4.69) is 0 Å². The summed E-state index contributed by atoms with van der Waals surface area (Å²) >= 11 is 5.73. The summed E-state index contributed by atoms with van der Waals surface area (Å²) in [6, 6.07) is 13.0. The van der Waals surface area contributed by atoms with Crippen molar-refractivity contribution >= 4 is 23.5 Å². The van der Waals surface area contributed by atoms with Gasteiger partial charge in [-0.25, -0.2) is 0 Å². The number of benzene rings is 2. The SMILES string of the molecule is O=C(/C=C/c1ccc(Cl)cc1)C[C@@](O)(c1ccccc1)C(F)(F)F. The molecule has 24 heavy (non-hydrogen) atoms. The number of hydrogen-bond acceptors (Lipinski definition) is 2. The first kappa shape index (κ1) is 18.2. The molecule has 0 heterocycles. The van der Waals surface area contributed by atoms with Crippen molar-refractivity contribution in [3.8, 4) is 0 Å². The van der Waals surface area contributed by atoms with E-state index in [0.717, 1.165) is 18.2 Å². The Morgan fingerprint density at radius 1 is 1.04 bits per heavy atom. The minimum absolute atomic E-state index is 0.370. The van der Waals surface area contributed by atoms with Crippen LogP contribution >= 0.6 is 11.6 Å². The number of hydrogen-bond donors (Lipinski definition) is 1. The number of ketones is 1. The highest BCUT2D eigenvalue weighted by molar-refractivity contribution is 6.30. The molecule has 0 aliphatic rings. The third-order valence-electron chi connectivity index (χ3n) is 3.48. The zero-order valence-corrected chi connectivity index (χ0v) is 13.2. The second-order valence-electron chi connectivity index (χ2n) is 5.25. The molecule has 6 heteroatoms. The van der Waals surface area contributed by atoms with E-state index in [9.17, 15) is 23.1 Å². The predicted octanol–water partition coefficient (Wildman–Crippen LogP) is 4.76. The van der Waals surface area contributed by atoms with Gasteiger partial charge in [0.2, 0.25) is 0 Å². The molecular weight excluding hydrogens is 341 g/mol. The summed E-state index contributed by atoms with van der Waals surface area (Å²) in [4.78, 5) is 11.9. The zero-order valence-electron chi connectivity index (χ0n) is 12.4. The maximum atomic E-state index is 13.3. The van der Waals surface area contributed by atoms with Crippen LogP contribution in [0.25, 0.3) is 6.08 Å². The van der Waals surface area contributed by atoms with Gasteiger partial charge in [0.15, 0.2) is 11.4 Å². The van der Waals surface area contributed by atoms with Crippen molar-refractivity contribution in [2.24, 2.45) is 0 Å². The van der Waals surface area contributed by atoms with Crippen molar-refractivity contribution in [1.29, 1.82) is 0 Å². The van der Waals surface area contributed by atoms with Crippen LogP contribution in [-0.2, 0) is 10.4 Å². The van der Waals surface area contributed by atoms with Gasteiger partial charge in [0.1, 0.15) is 0 Å². The molecule has 0 unspecified atom stereocenters. The maximum absolute atomic E-state index is 13.3. The number of allylic oxidation sites excluding steroid dienone is 1. The first-order valence-electron chi connectivity index (χ1n) is 7.03. The van der Waals surface area contributed by atoms with E-state index in [4.69, 9.17) is 11.6 Å². The number of halogens is 4. The van der Waals surface area contributed by atoms with Crippen molar-refractivity contribution in [2.75, 3.05) is 0 Å². The molecule has 0 spiro atoms. The smallest absolute Gasteiger partial charge is 0.376 e. The van der Waals surface area contributed by atoms with Gasteiger partial charge >= 0.3 is 6.18 Å². The molecular formula is C18H14ClF3O2. The molecule has 2 nitrogen and oxygen atoms in total. The lowest BCUT2D eigenvalue weighted by Crippen LogP contribution is -2.43. The van der Waals surface area contributed by atoms with Crippen LogP contribution in [0.15, 0.2) is 60.7 Å². The van der Waals surface area contributed by atoms with Gasteiger partial charge in [-0.05, 0) is 29.3 Å². The Balaban J connectivity index is 2.21. The van der Waals surface area contributed by atoms with E-state index >= 15 is 0 Å². The molecule has 126 valence electrons. The van der Waals surface area contributed by atoms with Gasteiger partial charge in [-0.2, -0.15) is 13.2 Å². The fourth-order valence-corrected chi connectivity index (χ4v) is 2.28. The van der Waals surface area contributed by atoms with Crippen molar-refractivity contribution in [3.63, 3.8) is 0 Å². The predicted molar refractivity (Wildman–Crippen MR) is 86.5 cm³/mol. The Bertz CT molecular complexity index is 724. The highest BCUT2D eigenvalue weighted by Gasteiger charge is 2.55. The van der Waals surface area contributed by atoms with Crippen LogP contribution in [0.5, 0.6) is 0 Å². The summed E-state index contributed by atoms with van der Waals surface area (Å²) in [7, 11) is 0. The van der Waals surface area contributed by atoms with Crippen molar-refractivity contribution in [3.05, 3.63) is 76.8 Å². The molecule has 2 rings (SSSR count). The lowest BCUT2D eigenvalue weighted by Gasteiger charge is -2.30. The van der Waals surface area contributed by atoms with Gasteiger partial charge in [0, 0.05) is 5.02 Å². The van der Waals surface area contributed by atoms with Gasteiger partial charge in [0.05, 0.1) is 6.42 Å². The van der Waals surface area contributed by atoms with Gasteiger partial charge in [-0.15, -0.1) is 0 Å². The van der Waals surface area contributed by atoms with Gasteiger partial charge < -0.3 is 5.11 Å². The Morgan fingerprint density at radius 3 is 2.17 bits per heavy atom. The minimum Gasteiger partial charge on any atom is -0.376 e. The van der Waals surface area contributed by atoms with Gasteiger partial charge in [-0.3, -0.25) is 4.79 Å². The quantitative estimate of drug-likeness (QED) is 0.786. The normalized spacial score (nSPS) is 14.5. The summed E-state index contributed by atoms with van der Waals surface area (Å²) in [6.07, 6.45) is -3.67. The van der Waals surface area contributed by atoms with Crippen molar-refractivity contribution in [1.82, 2.24) is 0 Å². The van der Waals surface area contributed by atoms with Crippen molar-refractivity contribution in [2.45, 2.75) is 18.2 Å². The molecule has 2 aromatic carbocycles. The summed E-state index contributed by atoms with van der Waals surface area (Å²) in [5.74, 6) is -0.839. The average molecular weight is 355 g/mol. The van der Waals surface area contributed by atoms with Crippen LogP contribution in [0.2, 0.25) is 5.02 Å². The third-order valence-corrected chi connectivity index (χ3v) is 3.73. The molecule has 0 amide bonds. The van der Waals surface area contributed by atoms with Gasteiger partial charge in [0.25, 0.3) is 0 Å². The van der Waals surface area contributed by atoms with E-state index in [-0.39, 0.29) is 5.56 Å². The molecule has 0 radical (unpaired) electrons. The molecule has 0 aliphatic carbocycles. The van der Waals surface area contributed by atoms with Crippen LogP contribution in [0.3, 0.4) is 0 Å². The van der Waals surface area contributed by atoms with Crippen molar-refractivity contribution < 1.29 is 23.1 Å². The first-order chi connectivity index (χ1) is 11.2. The number of aliphatic hydroxyl groups is 1. The molecule has 2 aromatic rings. The van der Waals surface area contributed by atoms with E-state index in [1.165, 1.54) is 24.3 Å². The monoisotopic (exact) mass is 354 g/mol. The average Bonchev–Trinajstić information content (AvgIpc) is 2.54. The lowest BCUT2D eigenvalue weighted by atomic mass is 9.87. The van der Waals surface area contributed by atoms with Gasteiger partial charge in [-0.1, -0.05) is 60.1 Å². The highest BCUT2D eigenvalue weighted by atomic mass is 35.5. The molecule has 0 aromatic heterocycles. The standard InChI is InChI=1S/C18H14ClF3O2/c19-15-9-6-13(7-10-15)8-11-16(23)12-17(24,18(20,21)22)14-4-2-1-3-5-14/h1-11,24H,12H2/b11-8+/t17-/m1/s1. The Kier molecular flexibility index (Phi) is 5.47. The number of rotatable bonds is 5.